The van der Waals surface area contributed by atoms with Gasteiger partial charge in [-0.05, 0) is 18.2 Å². The molecule has 0 spiro atoms. The number of anilines is 1. The molecule has 2 rings (SSSR count). The highest BCUT2D eigenvalue weighted by atomic mass is 19.1. The van der Waals surface area contributed by atoms with Gasteiger partial charge >= 0.3 is 5.97 Å². The maximum atomic E-state index is 13.9. The molecular weight excluding hydrogens is 276 g/mol. The summed E-state index contributed by atoms with van der Waals surface area (Å²) >= 11 is 0. The van der Waals surface area contributed by atoms with Crippen molar-refractivity contribution in [3.63, 3.8) is 0 Å². The monoisotopic (exact) mass is 291 g/mol. The Bertz CT molecular complexity index is 631. The van der Waals surface area contributed by atoms with Gasteiger partial charge in [0, 0.05) is 18.7 Å². The number of hydrogen-bond donors (Lipinski definition) is 1. The number of halogens is 2. The maximum absolute atomic E-state index is 13.9. The third-order valence-corrected chi connectivity index (χ3v) is 3.11. The number of rotatable bonds is 6. The van der Waals surface area contributed by atoms with Crippen LogP contribution in [-0.4, -0.2) is 17.6 Å². The molecule has 0 heterocycles. The highest BCUT2D eigenvalue weighted by molar-refractivity contribution is 5.67. The molecule has 1 N–H and O–H groups in total. The zero-order valence-electron chi connectivity index (χ0n) is 11.3. The van der Waals surface area contributed by atoms with Gasteiger partial charge in [-0.15, -0.1) is 0 Å². The van der Waals surface area contributed by atoms with Crippen molar-refractivity contribution in [3.05, 3.63) is 65.7 Å². The third-order valence-electron chi connectivity index (χ3n) is 3.11. The molecule has 2 aromatic carbocycles. The molecule has 3 nitrogen and oxygen atoms in total. The number of hydrogen-bond acceptors (Lipinski definition) is 2. The highest BCUT2D eigenvalue weighted by Gasteiger charge is 2.14. The fourth-order valence-electron chi connectivity index (χ4n) is 2.06. The minimum atomic E-state index is -0.982. The molecule has 0 aliphatic rings. The van der Waals surface area contributed by atoms with E-state index in [9.17, 15) is 13.6 Å². The number of carboxylic acids is 1. The van der Waals surface area contributed by atoms with Gasteiger partial charge in [0.2, 0.25) is 0 Å². The lowest BCUT2D eigenvalue weighted by Crippen LogP contribution is -2.27. The van der Waals surface area contributed by atoms with Gasteiger partial charge in [-0.2, -0.15) is 0 Å². The predicted octanol–water partition coefficient (Wildman–Crippen LogP) is 3.45. The molecule has 2 aromatic rings. The van der Waals surface area contributed by atoms with Crippen molar-refractivity contribution >= 4 is 11.7 Å². The van der Waals surface area contributed by atoms with E-state index >= 15 is 0 Å². The summed E-state index contributed by atoms with van der Waals surface area (Å²) in [6.45, 7) is 0.214. The minimum absolute atomic E-state index is 0.102. The number of nitrogens with zero attached hydrogens (tertiary/aromatic N) is 1. The SMILES string of the molecule is O=C(O)CCN(Cc1ccccc1F)c1ccccc1F. The highest BCUT2D eigenvalue weighted by Crippen LogP contribution is 2.22. The zero-order valence-corrected chi connectivity index (χ0v) is 11.3. The van der Waals surface area contributed by atoms with Crippen LogP contribution < -0.4 is 4.90 Å². The van der Waals surface area contributed by atoms with Crippen LogP contribution in [0.5, 0.6) is 0 Å². The summed E-state index contributed by atoms with van der Waals surface area (Å²) in [6.07, 6.45) is -0.150. The van der Waals surface area contributed by atoms with Crippen LogP contribution in [0.3, 0.4) is 0 Å². The van der Waals surface area contributed by atoms with Gasteiger partial charge in [0.1, 0.15) is 11.6 Å². The van der Waals surface area contributed by atoms with Crippen molar-refractivity contribution in [2.24, 2.45) is 0 Å². The second kappa shape index (κ2) is 6.83. The van der Waals surface area contributed by atoms with Gasteiger partial charge in [-0.25, -0.2) is 8.78 Å². The molecule has 0 atom stereocenters. The normalized spacial score (nSPS) is 10.4. The van der Waals surface area contributed by atoms with E-state index < -0.39 is 17.6 Å². The lowest BCUT2D eigenvalue weighted by atomic mass is 10.1. The predicted molar refractivity (Wildman–Crippen MR) is 76.1 cm³/mol. The first-order valence-electron chi connectivity index (χ1n) is 6.52. The third kappa shape index (κ3) is 4.02. The average Bonchev–Trinajstić information content (AvgIpc) is 2.46. The van der Waals surface area contributed by atoms with Gasteiger partial charge in [0.15, 0.2) is 0 Å². The van der Waals surface area contributed by atoms with Crippen LogP contribution in [0.1, 0.15) is 12.0 Å². The molecule has 21 heavy (non-hydrogen) atoms. The molecule has 0 saturated carbocycles. The molecule has 0 aliphatic heterocycles. The lowest BCUT2D eigenvalue weighted by molar-refractivity contribution is -0.136. The van der Waals surface area contributed by atoms with Crippen LogP contribution in [0.4, 0.5) is 14.5 Å². The minimum Gasteiger partial charge on any atom is -0.481 e. The van der Waals surface area contributed by atoms with E-state index in [-0.39, 0.29) is 25.2 Å². The summed E-state index contributed by atoms with van der Waals surface area (Å²) in [5, 5.41) is 8.80. The number of carbonyl (C=O) groups is 1. The van der Waals surface area contributed by atoms with E-state index in [4.69, 9.17) is 5.11 Å². The Kier molecular flexibility index (Phi) is 4.87. The van der Waals surface area contributed by atoms with Crippen LogP contribution >= 0.6 is 0 Å². The Hall–Kier alpha value is -2.43. The molecular formula is C16H15F2NO2. The van der Waals surface area contributed by atoms with Crippen molar-refractivity contribution in [2.75, 3.05) is 11.4 Å². The van der Waals surface area contributed by atoms with Crippen LogP contribution in [0.15, 0.2) is 48.5 Å². The van der Waals surface area contributed by atoms with Gasteiger partial charge in [0.25, 0.3) is 0 Å². The van der Waals surface area contributed by atoms with E-state index in [1.54, 1.807) is 36.4 Å². The Morgan fingerprint density at radius 2 is 1.62 bits per heavy atom. The summed E-state index contributed by atoms with van der Waals surface area (Å²) in [6, 6.07) is 12.3. The molecule has 0 unspecified atom stereocenters. The molecule has 0 fully saturated rings. The average molecular weight is 291 g/mol. The topological polar surface area (TPSA) is 40.5 Å². The van der Waals surface area contributed by atoms with Crippen LogP contribution in [-0.2, 0) is 11.3 Å². The molecule has 0 aromatic heterocycles. The van der Waals surface area contributed by atoms with Crippen molar-refractivity contribution < 1.29 is 18.7 Å². The summed E-state index contributed by atoms with van der Waals surface area (Å²) in [5.74, 6) is -1.83. The van der Waals surface area contributed by atoms with Crippen molar-refractivity contribution in [2.45, 2.75) is 13.0 Å². The smallest absolute Gasteiger partial charge is 0.305 e. The van der Waals surface area contributed by atoms with Crippen molar-refractivity contribution in [1.29, 1.82) is 0 Å². The molecule has 0 aliphatic carbocycles. The van der Waals surface area contributed by atoms with Crippen LogP contribution in [0, 0.1) is 11.6 Å². The van der Waals surface area contributed by atoms with E-state index in [1.807, 2.05) is 0 Å². The Labute approximate surface area is 121 Å². The molecule has 5 heteroatoms. The van der Waals surface area contributed by atoms with Crippen molar-refractivity contribution in [3.8, 4) is 0 Å². The molecule has 110 valence electrons. The first-order chi connectivity index (χ1) is 10.1. The van der Waals surface area contributed by atoms with Gasteiger partial charge in [0.05, 0.1) is 12.1 Å². The summed E-state index contributed by atoms with van der Waals surface area (Å²) in [5.41, 5.74) is 0.660. The standard InChI is InChI=1S/C16H15F2NO2/c17-13-6-2-1-5-12(13)11-19(10-9-16(20)21)15-8-4-3-7-14(15)18/h1-8H,9-11H2,(H,20,21). The summed E-state index contributed by atoms with van der Waals surface area (Å²) in [7, 11) is 0. The Balaban J connectivity index is 2.26. The maximum Gasteiger partial charge on any atom is 0.305 e. The summed E-state index contributed by atoms with van der Waals surface area (Å²) in [4.78, 5) is 12.3. The fourth-order valence-corrected chi connectivity index (χ4v) is 2.06. The summed E-state index contributed by atoms with van der Waals surface area (Å²) < 4.78 is 27.6. The number of carboxylic acid groups (broad SMARTS) is 1. The second-order valence-corrected chi connectivity index (χ2v) is 4.61. The number of benzene rings is 2. The molecule has 0 saturated heterocycles. The fraction of sp³-hybridized carbons (Fsp3) is 0.188. The first kappa shape index (κ1) is 15.0. The van der Waals surface area contributed by atoms with Crippen LogP contribution in [0.2, 0.25) is 0 Å². The molecule has 0 bridgehead atoms. The number of aliphatic carboxylic acids is 1. The second-order valence-electron chi connectivity index (χ2n) is 4.61. The van der Waals surface area contributed by atoms with Gasteiger partial charge in [-0.1, -0.05) is 30.3 Å². The quantitative estimate of drug-likeness (QED) is 0.886. The van der Waals surface area contributed by atoms with E-state index in [0.717, 1.165) is 0 Å². The van der Waals surface area contributed by atoms with E-state index in [0.29, 0.717) is 5.56 Å². The lowest BCUT2D eigenvalue weighted by Gasteiger charge is -2.25. The Morgan fingerprint density at radius 1 is 1.00 bits per heavy atom. The number of para-hydroxylation sites is 1. The molecule has 0 amide bonds. The Morgan fingerprint density at radius 3 is 2.24 bits per heavy atom. The van der Waals surface area contributed by atoms with E-state index in [2.05, 4.69) is 0 Å². The van der Waals surface area contributed by atoms with Crippen molar-refractivity contribution in [1.82, 2.24) is 0 Å². The van der Waals surface area contributed by atoms with Gasteiger partial charge in [-0.3, -0.25) is 4.79 Å². The van der Waals surface area contributed by atoms with Gasteiger partial charge < -0.3 is 10.0 Å². The first-order valence-corrected chi connectivity index (χ1v) is 6.52. The van der Waals surface area contributed by atoms with E-state index in [1.165, 1.54) is 17.0 Å². The zero-order chi connectivity index (χ0) is 15.2. The van der Waals surface area contributed by atoms with Crippen LogP contribution in [0.25, 0.3) is 0 Å². The molecule has 0 radical (unpaired) electrons. The largest absolute Gasteiger partial charge is 0.481 e.